The van der Waals surface area contributed by atoms with Gasteiger partial charge in [0.2, 0.25) is 0 Å². The minimum absolute atomic E-state index is 0.465. The third-order valence-corrected chi connectivity index (χ3v) is 3.76. The quantitative estimate of drug-likeness (QED) is 0.822. The molecule has 1 aromatic heterocycles. The number of nitriles is 1. The van der Waals surface area contributed by atoms with Crippen molar-refractivity contribution in [3.05, 3.63) is 40.4 Å². The maximum atomic E-state index is 8.79. The van der Waals surface area contributed by atoms with Gasteiger partial charge in [0.05, 0.1) is 18.2 Å². The van der Waals surface area contributed by atoms with Crippen LogP contribution in [-0.4, -0.2) is 4.98 Å². The number of rotatable bonds is 3. The number of aromatic nitrogens is 1. The molecule has 0 radical (unpaired) electrons. The van der Waals surface area contributed by atoms with Crippen LogP contribution in [0.25, 0.3) is 10.6 Å². The zero-order valence-electron chi connectivity index (χ0n) is 10.0. The first-order valence-corrected chi connectivity index (χ1v) is 6.48. The molecule has 0 aliphatic heterocycles. The Morgan fingerprint density at radius 3 is 2.88 bits per heavy atom. The highest BCUT2D eigenvalue weighted by atomic mass is 32.1. The van der Waals surface area contributed by atoms with Gasteiger partial charge >= 0.3 is 0 Å². The van der Waals surface area contributed by atoms with E-state index in [1.54, 1.807) is 11.3 Å². The Labute approximate surface area is 106 Å². The van der Waals surface area contributed by atoms with Gasteiger partial charge in [0, 0.05) is 10.4 Å². The molecule has 0 fully saturated rings. The lowest BCUT2D eigenvalue weighted by Crippen LogP contribution is -1.86. The number of hydrogen-bond acceptors (Lipinski definition) is 3. The molecular weight excluding hydrogens is 228 g/mol. The molecule has 0 aliphatic rings. The SMILES string of the molecule is CCc1nc(-c2cccc(C)c2)sc1CC#N. The molecule has 0 atom stereocenters. The van der Waals surface area contributed by atoms with Gasteiger partial charge in [0.1, 0.15) is 5.01 Å². The van der Waals surface area contributed by atoms with Crippen LogP contribution in [0.1, 0.15) is 23.1 Å². The molecule has 2 nitrogen and oxygen atoms in total. The van der Waals surface area contributed by atoms with E-state index in [-0.39, 0.29) is 0 Å². The highest BCUT2D eigenvalue weighted by molar-refractivity contribution is 7.15. The minimum Gasteiger partial charge on any atom is -0.241 e. The van der Waals surface area contributed by atoms with E-state index >= 15 is 0 Å². The normalized spacial score (nSPS) is 10.2. The molecule has 0 unspecified atom stereocenters. The molecule has 1 heterocycles. The van der Waals surface area contributed by atoms with Gasteiger partial charge < -0.3 is 0 Å². The van der Waals surface area contributed by atoms with Crippen molar-refractivity contribution < 1.29 is 0 Å². The second-order valence-corrected chi connectivity index (χ2v) is 5.03. The van der Waals surface area contributed by atoms with Crippen LogP contribution < -0.4 is 0 Å². The molecule has 2 rings (SSSR count). The van der Waals surface area contributed by atoms with Crippen molar-refractivity contribution in [1.29, 1.82) is 5.26 Å². The Morgan fingerprint density at radius 2 is 2.24 bits per heavy atom. The molecule has 0 saturated carbocycles. The van der Waals surface area contributed by atoms with Crippen LogP contribution in [0, 0.1) is 18.3 Å². The number of thiazole rings is 1. The van der Waals surface area contributed by atoms with E-state index in [0.29, 0.717) is 6.42 Å². The summed E-state index contributed by atoms with van der Waals surface area (Å²) in [6.45, 7) is 4.16. The minimum atomic E-state index is 0.465. The number of nitrogens with zero attached hydrogens (tertiary/aromatic N) is 2. The van der Waals surface area contributed by atoms with Crippen LogP contribution >= 0.6 is 11.3 Å². The molecule has 1 aromatic carbocycles. The fourth-order valence-electron chi connectivity index (χ4n) is 1.77. The molecule has 0 spiro atoms. The van der Waals surface area contributed by atoms with Crippen molar-refractivity contribution in [1.82, 2.24) is 4.98 Å². The first-order chi connectivity index (χ1) is 8.24. The lowest BCUT2D eigenvalue weighted by atomic mass is 10.1. The molecule has 3 heteroatoms. The van der Waals surface area contributed by atoms with Crippen molar-refractivity contribution in [3.8, 4) is 16.6 Å². The predicted octanol–water partition coefficient (Wildman–Crippen LogP) is 3.75. The van der Waals surface area contributed by atoms with E-state index in [1.165, 1.54) is 5.56 Å². The standard InChI is InChI=1S/C14H14N2S/c1-3-12-13(7-8-15)17-14(16-12)11-6-4-5-10(2)9-11/h4-6,9H,3,7H2,1-2H3. The summed E-state index contributed by atoms with van der Waals surface area (Å²) in [5.74, 6) is 0. The van der Waals surface area contributed by atoms with Gasteiger partial charge in [-0.15, -0.1) is 11.3 Å². The third kappa shape index (κ3) is 2.54. The van der Waals surface area contributed by atoms with E-state index in [9.17, 15) is 0 Å². The van der Waals surface area contributed by atoms with Crippen molar-refractivity contribution in [2.45, 2.75) is 26.7 Å². The van der Waals surface area contributed by atoms with Gasteiger partial charge in [0.25, 0.3) is 0 Å². The van der Waals surface area contributed by atoms with Crippen molar-refractivity contribution >= 4 is 11.3 Å². The zero-order chi connectivity index (χ0) is 12.3. The first kappa shape index (κ1) is 11.8. The van der Waals surface area contributed by atoms with E-state index in [2.05, 4.69) is 43.1 Å². The highest BCUT2D eigenvalue weighted by Crippen LogP contribution is 2.29. The highest BCUT2D eigenvalue weighted by Gasteiger charge is 2.10. The summed E-state index contributed by atoms with van der Waals surface area (Å²) >= 11 is 1.64. The zero-order valence-corrected chi connectivity index (χ0v) is 10.8. The lowest BCUT2D eigenvalue weighted by Gasteiger charge is -1.97. The molecule has 0 N–H and O–H groups in total. The Balaban J connectivity index is 2.43. The van der Waals surface area contributed by atoms with Crippen LogP contribution in [0.5, 0.6) is 0 Å². The second kappa shape index (κ2) is 5.11. The average Bonchev–Trinajstić information content (AvgIpc) is 2.73. The van der Waals surface area contributed by atoms with Gasteiger partial charge in [0.15, 0.2) is 0 Å². The van der Waals surface area contributed by atoms with Gasteiger partial charge in [-0.25, -0.2) is 4.98 Å². The Bertz CT molecular complexity index is 564. The summed E-state index contributed by atoms with van der Waals surface area (Å²) in [5.41, 5.74) is 3.44. The van der Waals surface area contributed by atoms with Gasteiger partial charge in [-0.3, -0.25) is 0 Å². The summed E-state index contributed by atoms with van der Waals surface area (Å²) < 4.78 is 0. The van der Waals surface area contributed by atoms with E-state index in [4.69, 9.17) is 5.26 Å². The van der Waals surface area contributed by atoms with Gasteiger partial charge in [-0.05, 0) is 19.4 Å². The van der Waals surface area contributed by atoms with E-state index < -0.39 is 0 Å². The lowest BCUT2D eigenvalue weighted by molar-refractivity contribution is 1.03. The number of hydrogen-bond donors (Lipinski definition) is 0. The van der Waals surface area contributed by atoms with E-state index in [0.717, 1.165) is 27.6 Å². The monoisotopic (exact) mass is 242 g/mol. The fraction of sp³-hybridized carbons (Fsp3) is 0.286. The largest absolute Gasteiger partial charge is 0.241 e. The molecule has 2 aromatic rings. The predicted molar refractivity (Wildman–Crippen MR) is 71.0 cm³/mol. The summed E-state index contributed by atoms with van der Waals surface area (Å²) in [6.07, 6.45) is 1.35. The second-order valence-electron chi connectivity index (χ2n) is 3.95. The summed E-state index contributed by atoms with van der Waals surface area (Å²) in [6, 6.07) is 10.5. The number of aryl methyl sites for hydroxylation is 2. The van der Waals surface area contributed by atoms with Crippen molar-refractivity contribution in [2.24, 2.45) is 0 Å². The van der Waals surface area contributed by atoms with Gasteiger partial charge in [-0.2, -0.15) is 5.26 Å². The Morgan fingerprint density at radius 1 is 1.41 bits per heavy atom. The Kier molecular flexibility index (Phi) is 3.55. The molecule has 0 bridgehead atoms. The van der Waals surface area contributed by atoms with Crippen LogP contribution in [0.4, 0.5) is 0 Å². The molecule has 17 heavy (non-hydrogen) atoms. The molecule has 86 valence electrons. The Hall–Kier alpha value is -1.66. The number of benzene rings is 1. The average molecular weight is 242 g/mol. The molecular formula is C14H14N2S. The first-order valence-electron chi connectivity index (χ1n) is 5.67. The van der Waals surface area contributed by atoms with E-state index in [1.807, 2.05) is 6.07 Å². The van der Waals surface area contributed by atoms with Crippen molar-refractivity contribution in [2.75, 3.05) is 0 Å². The summed E-state index contributed by atoms with van der Waals surface area (Å²) in [7, 11) is 0. The fourth-order valence-corrected chi connectivity index (χ4v) is 2.85. The molecule has 0 aliphatic carbocycles. The van der Waals surface area contributed by atoms with Crippen LogP contribution in [-0.2, 0) is 12.8 Å². The molecule has 0 amide bonds. The van der Waals surface area contributed by atoms with Crippen LogP contribution in [0.15, 0.2) is 24.3 Å². The maximum Gasteiger partial charge on any atom is 0.123 e. The van der Waals surface area contributed by atoms with Gasteiger partial charge in [-0.1, -0.05) is 30.7 Å². The smallest absolute Gasteiger partial charge is 0.123 e. The maximum absolute atomic E-state index is 8.79. The third-order valence-electron chi connectivity index (χ3n) is 2.62. The van der Waals surface area contributed by atoms with Crippen molar-refractivity contribution in [3.63, 3.8) is 0 Å². The summed E-state index contributed by atoms with van der Waals surface area (Å²) in [4.78, 5) is 5.73. The van der Waals surface area contributed by atoms with Crippen LogP contribution in [0.2, 0.25) is 0 Å². The topological polar surface area (TPSA) is 36.7 Å². The summed E-state index contributed by atoms with van der Waals surface area (Å²) in [5, 5.41) is 9.82. The molecule has 0 saturated heterocycles. The van der Waals surface area contributed by atoms with Crippen LogP contribution in [0.3, 0.4) is 0 Å².